The summed E-state index contributed by atoms with van der Waals surface area (Å²) in [6, 6.07) is 18.9. The van der Waals surface area contributed by atoms with Gasteiger partial charge in [-0.1, -0.05) is 36.4 Å². The van der Waals surface area contributed by atoms with Gasteiger partial charge in [-0.05, 0) is 24.3 Å². The fourth-order valence-electron chi connectivity index (χ4n) is 2.13. The maximum atomic E-state index is 13.8. The normalized spacial score (nSPS) is 10.4. The van der Waals surface area contributed by atoms with Crippen molar-refractivity contribution in [2.45, 2.75) is 0 Å². The molecule has 0 radical (unpaired) electrons. The zero-order valence-corrected chi connectivity index (χ0v) is 10.7. The van der Waals surface area contributed by atoms with Gasteiger partial charge in [-0.25, -0.2) is 4.39 Å². The minimum Gasteiger partial charge on any atom is -0.284 e. The Bertz CT molecular complexity index is 793. The summed E-state index contributed by atoms with van der Waals surface area (Å²) in [5, 5.41) is 0. The third-order valence-corrected chi connectivity index (χ3v) is 3.13. The van der Waals surface area contributed by atoms with E-state index in [0.717, 1.165) is 5.69 Å². The second-order valence-corrected chi connectivity index (χ2v) is 4.44. The van der Waals surface area contributed by atoms with Crippen LogP contribution in [0.5, 0.6) is 0 Å². The number of hydrogen-bond donors (Lipinski definition) is 0. The summed E-state index contributed by atoms with van der Waals surface area (Å²) in [7, 11) is 0. The van der Waals surface area contributed by atoms with Crippen molar-refractivity contribution in [2.75, 3.05) is 0 Å². The number of rotatable bonds is 2. The van der Waals surface area contributed by atoms with E-state index in [1.54, 1.807) is 30.5 Å². The summed E-state index contributed by atoms with van der Waals surface area (Å²) in [6.07, 6.45) is 1.66. The molecule has 0 aliphatic heterocycles. The predicted molar refractivity (Wildman–Crippen MR) is 77.4 cm³/mol. The standard InChI is InChI=1S/C17H12FNO/c18-16-9-5-4-8-15(16)13-10-11-17(20)19(12-13)14-6-2-1-3-7-14/h1-12H. The Morgan fingerprint density at radius 3 is 2.25 bits per heavy atom. The van der Waals surface area contributed by atoms with Crippen LogP contribution in [0.3, 0.4) is 0 Å². The van der Waals surface area contributed by atoms with Crippen LogP contribution in [0.15, 0.2) is 77.7 Å². The van der Waals surface area contributed by atoms with Crippen LogP contribution in [0, 0.1) is 5.82 Å². The molecule has 1 aromatic heterocycles. The Hall–Kier alpha value is -2.68. The first-order valence-electron chi connectivity index (χ1n) is 6.29. The number of aromatic nitrogens is 1. The van der Waals surface area contributed by atoms with Crippen LogP contribution in [0.25, 0.3) is 16.8 Å². The predicted octanol–water partition coefficient (Wildman–Crippen LogP) is 3.64. The van der Waals surface area contributed by atoms with Crippen molar-refractivity contribution in [3.05, 3.63) is 89.1 Å². The molecule has 3 aromatic rings. The van der Waals surface area contributed by atoms with Crippen LogP contribution in [-0.2, 0) is 0 Å². The maximum absolute atomic E-state index is 13.8. The summed E-state index contributed by atoms with van der Waals surface area (Å²) in [6.45, 7) is 0. The lowest BCUT2D eigenvalue weighted by Gasteiger charge is -2.09. The van der Waals surface area contributed by atoms with E-state index < -0.39 is 0 Å². The lowest BCUT2D eigenvalue weighted by atomic mass is 10.1. The van der Waals surface area contributed by atoms with Crippen LogP contribution < -0.4 is 5.56 Å². The lowest BCUT2D eigenvalue weighted by Crippen LogP contribution is -2.16. The Kier molecular flexibility index (Phi) is 3.17. The average molecular weight is 265 g/mol. The Labute approximate surface area is 115 Å². The summed E-state index contributed by atoms with van der Waals surface area (Å²) in [4.78, 5) is 12.0. The van der Waals surface area contributed by atoms with Gasteiger partial charge < -0.3 is 0 Å². The van der Waals surface area contributed by atoms with E-state index in [9.17, 15) is 9.18 Å². The first-order chi connectivity index (χ1) is 9.75. The van der Waals surface area contributed by atoms with Crippen molar-refractivity contribution < 1.29 is 4.39 Å². The second kappa shape index (κ2) is 5.13. The van der Waals surface area contributed by atoms with Gasteiger partial charge in [-0.15, -0.1) is 0 Å². The molecule has 0 spiro atoms. The number of hydrogen-bond acceptors (Lipinski definition) is 1. The van der Waals surface area contributed by atoms with Crippen LogP contribution in [-0.4, -0.2) is 4.57 Å². The van der Waals surface area contributed by atoms with Gasteiger partial charge in [0.1, 0.15) is 5.82 Å². The van der Waals surface area contributed by atoms with Gasteiger partial charge in [-0.3, -0.25) is 9.36 Å². The van der Waals surface area contributed by atoms with E-state index in [1.165, 1.54) is 16.7 Å². The molecule has 98 valence electrons. The molecule has 1 heterocycles. The molecule has 0 N–H and O–H groups in total. The van der Waals surface area contributed by atoms with E-state index in [0.29, 0.717) is 11.1 Å². The van der Waals surface area contributed by atoms with Crippen molar-refractivity contribution in [3.8, 4) is 16.8 Å². The number of nitrogens with zero attached hydrogens (tertiary/aromatic N) is 1. The third-order valence-electron chi connectivity index (χ3n) is 3.13. The third kappa shape index (κ3) is 2.26. The fraction of sp³-hybridized carbons (Fsp3) is 0. The lowest BCUT2D eigenvalue weighted by molar-refractivity contribution is 0.631. The van der Waals surface area contributed by atoms with Crippen LogP contribution in [0.4, 0.5) is 4.39 Å². The highest BCUT2D eigenvalue weighted by Crippen LogP contribution is 2.21. The Morgan fingerprint density at radius 2 is 1.50 bits per heavy atom. The number of para-hydroxylation sites is 1. The Balaban J connectivity index is 2.18. The molecule has 0 atom stereocenters. The van der Waals surface area contributed by atoms with Gasteiger partial charge in [0.25, 0.3) is 5.56 Å². The highest BCUT2D eigenvalue weighted by molar-refractivity contribution is 5.63. The molecule has 0 fully saturated rings. The molecule has 0 amide bonds. The maximum Gasteiger partial charge on any atom is 0.255 e. The van der Waals surface area contributed by atoms with Crippen LogP contribution >= 0.6 is 0 Å². The molecular weight excluding hydrogens is 253 g/mol. The molecule has 20 heavy (non-hydrogen) atoms. The van der Waals surface area contributed by atoms with E-state index in [2.05, 4.69) is 0 Å². The number of benzene rings is 2. The van der Waals surface area contributed by atoms with Crippen LogP contribution in [0.2, 0.25) is 0 Å². The van der Waals surface area contributed by atoms with Gasteiger partial charge in [0, 0.05) is 29.1 Å². The molecule has 0 bridgehead atoms. The monoisotopic (exact) mass is 265 g/mol. The van der Waals surface area contributed by atoms with Gasteiger partial charge in [0.05, 0.1) is 0 Å². The Morgan fingerprint density at radius 1 is 0.800 bits per heavy atom. The molecule has 0 saturated heterocycles. The quantitative estimate of drug-likeness (QED) is 0.693. The molecule has 3 heteroatoms. The van der Waals surface area contributed by atoms with Gasteiger partial charge in [0.15, 0.2) is 0 Å². The molecule has 0 aliphatic rings. The highest BCUT2D eigenvalue weighted by Gasteiger charge is 2.06. The van der Waals surface area contributed by atoms with Crippen molar-refractivity contribution in [3.63, 3.8) is 0 Å². The van der Waals surface area contributed by atoms with E-state index in [4.69, 9.17) is 0 Å². The van der Waals surface area contributed by atoms with Crippen molar-refractivity contribution in [2.24, 2.45) is 0 Å². The average Bonchev–Trinajstić information content (AvgIpc) is 2.49. The molecule has 2 aromatic carbocycles. The number of halogens is 1. The number of pyridine rings is 1. The molecule has 0 unspecified atom stereocenters. The first-order valence-corrected chi connectivity index (χ1v) is 6.29. The molecule has 2 nitrogen and oxygen atoms in total. The molecule has 0 aliphatic carbocycles. The minimum atomic E-state index is -0.300. The van der Waals surface area contributed by atoms with Gasteiger partial charge in [-0.2, -0.15) is 0 Å². The summed E-state index contributed by atoms with van der Waals surface area (Å²) in [5.41, 5.74) is 1.77. The fourth-order valence-corrected chi connectivity index (χ4v) is 2.13. The van der Waals surface area contributed by atoms with E-state index in [1.807, 2.05) is 30.3 Å². The topological polar surface area (TPSA) is 22.0 Å². The smallest absolute Gasteiger partial charge is 0.255 e. The second-order valence-electron chi connectivity index (χ2n) is 4.44. The zero-order valence-electron chi connectivity index (χ0n) is 10.7. The van der Waals surface area contributed by atoms with E-state index in [-0.39, 0.29) is 11.4 Å². The molecule has 3 rings (SSSR count). The van der Waals surface area contributed by atoms with Crippen LogP contribution in [0.1, 0.15) is 0 Å². The van der Waals surface area contributed by atoms with Crippen molar-refractivity contribution in [1.82, 2.24) is 4.57 Å². The molecular formula is C17H12FNO. The SMILES string of the molecule is O=c1ccc(-c2ccccc2F)cn1-c1ccccc1. The molecule has 0 saturated carbocycles. The summed E-state index contributed by atoms with van der Waals surface area (Å²) >= 11 is 0. The van der Waals surface area contributed by atoms with Crippen molar-refractivity contribution in [1.29, 1.82) is 0 Å². The first kappa shape index (κ1) is 12.4. The van der Waals surface area contributed by atoms with Gasteiger partial charge in [0.2, 0.25) is 0 Å². The highest BCUT2D eigenvalue weighted by atomic mass is 19.1. The summed E-state index contributed by atoms with van der Waals surface area (Å²) < 4.78 is 15.3. The largest absolute Gasteiger partial charge is 0.284 e. The minimum absolute atomic E-state index is 0.142. The van der Waals surface area contributed by atoms with E-state index >= 15 is 0 Å². The van der Waals surface area contributed by atoms with Gasteiger partial charge >= 0.3 is 0 Å². The van der Waals surface area contributed by atoms with Crippen molar-refractivity contribution >= 4 is 0 Å². The zero-order chi connectivity index (χ0) is 13.9. The summed E-state index contributed by atoms with van der Waals surface area (Å²) in [5.74, 6) is -0.300.